The summed E-state index contributed by atoms with van der Waals surface area (Å²) in [6.45, 7) is 11.6. The fraction of sp³-hybridized carbons (Fsp3) is 0.614. The van der Waals surface area contributed by atoms with E-state index in [1.165, 1.54) is 70.3 Å². The number of unbranched alkanes of at least 4 members (excludes halogenated alkanes) is 3. The van der Waals surface area contributed by atoms with Gasteiger partial charge >= 0.3 is 11.9 Å². The molecule has 2 aliphatic rings. The third-order valence-corrected chi connectivity index (χ3v) is 14.8. The molecule has 0 heterocycles. The first-order valence-electron chi connectivity index (χ1n) is 25.5. The highest BCUT2D eigenvalue weighted by molar-refractivity contribution is 5.86. The SMILES string of the molecule is C=C(C)C(=O)OCCCc1cc(-c2ccc(-c3ccc(C4CCC(C5CCC(CCCCC)CC5)CC4)cc3F)cc2F)cc(CCCOC(=O)CC)c1OCCC(CO)(CO)CCCC. The summed E-state index contributed by atoms with van der Waals surface area (Å²) in [4.78, 5) is 24.1. The summed E-state index contributed by atoms with van der Waals surface area (Å²) in [5.74, 6) is 1.89. The first-order valence-corrected chi connectivity index (χ1v) is 25.5. The molecule has 0 unspecified atom stereocenters. The van der Waals surface area contributed by atoms with E-state index in [4.69, 9.17) is 14.2 Å². The Kier molecular flexibility index (Phi) is 21.7. The second kappa shape index (κ2) is 27.1. The van der Waals surface area contributed by atoms with Crippen molar-refractivity contribution in [1.82, 2.24) is 0 Å². The normalized spacial score (nSPS) is 18.8. The molecular weight excluding hydrogens is 835 g/mol. The topological polar surface area (TPSA) is 102 Å². The molecule has 3 aromatic carbocycles. The standard InChI is InChI=1S/C57H80F2O7/c1-6-9-11-14-41-17-19-42(20-18-41)43-21-23-44(24-22-43)45-25-27-50(52(58)36-45)46-26-28-51(53(59)37-46)49-34-47(15-12-31-64-54(62)8-3)55(48(35-49)16-13-32-66-56(63)40(4)5)65-33-30-57(38-60,39-61)29-10-7-2/h25-28,34-37,41-44,60-61H,4,6-24,29-33,38-39H2,1-3,5H3. The first-order chi connectivity index (χ1) is 31.9. The van der Waals surface area contributed by atoms with Crippen LogP contribution in [-0.4, -0.2) is 55.2 Å². The predicted octanol–water partition coefficient (Wildman–Crippen LogP) is 13.8. The van der Waals surface area contributed by atoms with Crippen LogP contribution in [-0.2, 0) is 31.9 Å². The Morgan fingerprint density at radius 1 is 0.682 bits per heavy atom. The van der Waals surface area contributed by atoms with E-state index >= 15 is 8.78 Å². The molecule has 3 aromatic rings. The Bertz CT molecular complexity index is 1990. The van der Waals surface area contributed by atoms with Crippen molar-refractivity contribution in [2.75, 3.05) is 33.0 Å². The number of aliphatic hydroxyl groups is 2. The third kappa shape index (κ3) is 15.2. The Labute approximate surface area is 395 Å². The Hall–Kier alpha value is -4.08. The summed E-state index contributed by atoms with van der Waals surface area (Å²) in [6, 6.07) is 14.2. The fourth-order valence-electron chi connectivity index (χ4n) is 10.5. The van der Waals surface area contributed by atoms with Gasteiger partial charge < -0.3 is 24.4 Å². The van der Waals surface area contributed by atoms with Crippen molar-refractivity contribution in [2.45, 2.75) is 168 Å². The summed E-state index contributed by atoms with van der Waals surface area (Å²) in [7, 11) is 0. The molecule has 364 valence electrons. The lowest BCUT2D eigenvalue weighted by Crippen LogP contribution is -2.32. The number of aliphatic hydroxyl groups excluding tert-OH is 2. The molecule has 2 fully saturated rings. The van der Waals surface area contributed by atoms with E-state index < -0.39 is 17.2 Å². The number of aryl methyl sites for hydroxylation is 2. The lowest BCUT2D eigenvalue weighted by Gasteiger charge is -2.38. The average Bonchev–Trinajstić information content (AvgIpc) is 3.33. The van der Waals surface area contributed by atoms with Gasteiger partial charge in [0, 0.05) is 28.5 Å². The van der Waals surface area contributed by atoms with Gasteiger partial charge in [0.1, 0.15) is 17.4 Å². The largest absolute Gasteiger partial charge is 0.493 e. The highest BCUT2D eigenvalue weighted by atomic mass is 19.1. The van der Waals surface area contributed by atoms with Gasteiger partial charge in [-0.3, -0.25) is 4.79 Å². The van der Waals surface area contributed by atoms with Crippen LogP contribution in [0, 0.1) is 34.8 Å². The molecule has 0 radical (unpaired) electrons. The maximum absolute atomic E-state index is 16.5. The number of ether oxygens (including phenoxy) is 3. The predicted molar refractivity (Wildman–Crippen MR) is 261 cm³/mol. The molecule has 0 atom stereocenters. The van der Waals surface area contributed by atoms with Crippen LogP contribution in [0.15, 0.2) is 60.7 Å². The van der Waals surface area contributed by atoms with Crippen LogP contribution in [0.2, 0.25) is 0 Å². The van der Waals surface area contributed by atoms with Gasteiger partial charge in [-0.15, -0.1) is 0 Å². The summed E-state index contributed by atoms with van der Waals surface area (Å²) in [5, 5.41) is 20.6. The zero-order valence-electron chi connectivity index (χ0n) is 40.7. The number of hydrogen-bond donors (Lipinski definition) is 2. The van der Waals surface area contributed by atoms with Gasteiger partial charge in [-0.1, -0.05) is 103 Å². The van der Waals surface area contributed by atoms with Gasteiger partial charge in [-0.2, -0.15) is 0 Å². The molecule has 2 saturated carbocycles. The number of esters is 2. The van der Waals surface area contributed by atoms with E-state index in [0.717, 1.165) is 60.1 Å². The second-order valence-electron chi connectivity index (χ2n) is 19.7. The smallest absolute Gasteiger partial charge is 0.333 e. The maximum atomic E-state index is 16.5. The molecule has 2 aliphatic carbocycles. The molecule has 0 aromatic heterocycles. The van der Waals surface area contributed by atoms with E-state index in [1.807, 2.05) is 24.3 Å². The molecule has 7 nitrogen and oxygen atoms in total. The van der Waals surface area contributed by atoms with Crippen molar-refractivity contribution in [3.8, 4) is 28.0 Å². The zero-order chi connectivity index (χ0) is 47.5. The maximum Gasteiger partial charge on any atom is 0.333 e. The van der Waals surface area contributed by atoms with E-state index in [9.17, 15) is 19.8 Å². The molecule has 9 heteroatoms. The minimum absolute atomic E-state index is 0.140. The highest BCUT2D eigenvalue weighted by Gasteiger charge is 2.32. The molecule has 66 heavy (non-hydrogen) atoms. The summed E-state index contributed by atoms with van der Waals surface area (Å²) < 4.78 is 49.8. The third-order valence-electron chi connectivity index (χ3n) is 14.8. The monoisotopic (exact) mass is 915 g/mol. The van der Waals surface area contributed by atoms with Crippen LogP contribution >= 0.6 is 0 Å². The Balaban J connectivity index is 1.35. The van der Waals surface area contributed by atoms with Crippen molar-refractivity contribution in [3.05, 3.63) is 89.0 Å². The van der Waals surface area contributed by atoms with E-state index in [0.29, 0.717) is 78.0 Å². The van der Waals surface area contributed by atoms with Crippen LogP contribution in [0.3, 0.4) is 0 Å². The number of halogens is 2. The van der Waals surface area contributed by atoms with Crippen LogP contribution in [0.1, 0.15) is 172 Å². The Morgan fingerprint density at radius 2 is 1.27 bits per heavy atom. The van der Waals surface area contributed by atoms with Crippen LogP contribution in [0.5, 0.6) is 5.75 Å². The van der Waals surface area contributed by atoms with Crippen molar-refractivity contribution >= 4 is 11.9 Å². The van der Waals surface area contributed by atoms with Crippen LogP contribution < -0.4 is 4.74 Å². The summed E-state index contributed by atoms with van der Waals surface area (Å²) in [5.41, 5.74) is 3.98. The molecule has 5 rings (SSSR count). The van der Waals surface area contributed by atoms with Gasteiger partial charge in [0.05, 0.1) is 33.0 Å². The Morgan fingerprint density at radius 3 is 1.85 bits per heavy atom. The van der Waals surface area contributed by atoms with Gasteiger partial charge in [0.25, 0.3) is 0 Å². The molecule has 0 amide bonds. The first kappa shape index (κ1) is 52.9. The summed E-state index contributed by atoms with van der Waals surface area (Å²) >= 11 is 0. The van der Waals surface area contributed by atoms with Crippen molar-refractivity contribution in [2.24, 2.45) is 23.2 Å². The number of carbonyl (C=O) groups is 2. The van der Waals surface area contributed by atoms with E-state index in [2.05, 4.69) is 20.4 Å². The van der Waals surface area contributed by atoms with Gasteiger partial charge in [0.2, 0.25) is 0 Å². The van der Waals surface area contributed by atoms with Gasteiger partial charge in [0.15, 0.2) is 0 Å². The molecule has 2 N–H and O–H groups in total. The van der Waals surface area contributed by atoms with Crippen molar-refractivity contribution in [3.63, 3.8) is 0 Å². The summed E-state index contributed by atoms with van der Waals surface area (Å²) in [6.07, 6.45) is 20.5. The molecule has 0 saturated heterocycles. The fourth-order valence-corrected chi connectivity index (χ4v) is 10.5. The highest BCUT2D eigenvalue weighted by Crippen LogP contribution is 2.45. The van der Waals surface area contributed by atoms with E-state index in [-0.39, 0.29) is 51.2 Å². The quantitative estimate of drug-likeness (QED) is 0.0446. The molecular formula is C57H80F2O7. The minimum atomic E-state index is -0.697. The number of carbonyl (C=O) groups excluding carboxylic acids is 2. The van der Waals surface area contributed by atoms with Gasteiger partial charge in [-0.25, -0.2) is 13.6 Å². The van der Waals surface area contributed by atoms with Crippen LogP contribution in [0.4, 0.5) is 8.78 Å². The average molecular weight is 915 g/mol. The van der Waals surface area contributed by atoms with Crippen molar-refractivity contribution < 1.29 is 42.8 Å². The van der Waals surface area contributed by atoms with Crippen molar-refractivity contribution in [1.29, 1.82) is 0 Å². The molecule has 0 spiro atoms. The number of hydrogen-bond acceptors (Lipinski definition) is 7. The van der Waals surface area contributed by atoms with E-state index in [1.54, 1.807) is 32.0 Å². The van der Waals surface area contributed by atoms with Gasteiger partial charge in [-0.05, 0) is 160 Å². The number of benzene rings is 3. The lowest BCUT2D eigenvalue weighted by atomic mass is 9.68. The minimum Gasteiger partial charge on any atom is -0.493 e. The molecule has 0 aliphatic heterocycles. The molecule has 0 bridgehead atoms. The number of rotatable bonds is 27. The lowest BCUT2D eigenvalue weighted by molar-refractivity contribution is -0.143. The van der Waals surface area contributed by atoms with Crippen LogP contribution in [0.25, 0.3) is 22.3 Å². The zero-order valence-corrected chi connectivity index (χ0v) is 40.7. The second-order valence-corrected chi connectivity index (χ2v) is 19.7.